The second-order valence-electron chi connectivity index (χ2n) is 23.2. The fourth-order valence-corrected chi connectivity index (χ4v) is 15.7. The van der Waals surface area contributed by atoms with Gasteiger partial charge in [0.05, 0.1) is 77.9 Å². The van der Waals surface area contributed by atoms with Crippen molar-refractivity contribution in [1.29, 1.82) is 10.5 Å². The summed E-state index contributed by atoms with van der Waals surface area (Å²) in [6.07, 6.45) is 0. The highest BCUT2D eigenvalue weighted by molar-refractivity contribution is 6.27. The predicted octanol–water partition coefficient (Wildman–Crippen LogP) is 20.1. The Morgan fingerprint density at radius 2 is 0.648 bits per heavy atom. The van der Waals surface area contributed by atoms with Crippen molar-refractivity contribution in [3.05, 3.63) is 307 Å². The van der Waals surface area contributed by atoms with Gasteiger partial charge in [-0.3, -0.25) is 0 Å². The van der Waals surface area contributed by atoms with Gasteiger partial charge in [-0.15, -0.1) is 0 Å². The molecule has 0 spiro atoms. The number of hydrogen-bond acceptors (Lipinski definition) is 2. The Hall–Kier alpha value is -12.2. The van der Waals surface area contributed by atoms with Gasteiger partial charge in [-0.2, -0.15) is 10.5 Å². The molecule has 0 amide bonds. The first-order valence-electron chi connectivity index (χ1n) is 29.9. The first-order chi connectivity index (χ1) is 43.7. The highest BCUT2D eigenvalue weighted by Crippen LogP contribution is 2.55. The van der Waals surface area contributed by atoms with Gasteiger partial charge in [0.1, 0.15) is 23.3 Å². The average molecular weight is 1120 g/mol. The number of nitrogens with zero attached hydrogens (tertiary/aromatic N) is 7. The van der Waals surface area contributed by atoms with Gasteiger partial charge in [0.15, 0.2) is 0 Å². The first kappa shape index (κ1) is 48.2. The predicted molar refractivity (Wildman–Crippen MR) is 360 cm³/mol. The van der Waals surface area contributed by atoms with Crippen LogP contribution in [-0.4, -0.2) is 22.8 Å². The van der Waals surface area contributed by atoms with E-state index in [9.17, 15) is 10.5 Å². The Labute approximate surface area is 504 Å². The third kappa shape index (κ3) is 6.28. The summed E-state index contributed by atoms with van der Waals surface area (Å²) in [4.78, 5) is 0. The maximum atomic E-state index is 13.1. The van der Waals surface area contributed by atoms with E-state index in [0.717, 1.165) is 126 Å². The fourth-order valence-electron chi connectivity index (χ4n) is 15.7. The molecule has 0 bridgehead atoms. The lowest BCUT2D eigenvalue weighted by molar-refractivity contribution is 1.01. The molecule has 7 nitrogen and oxygen atoms in total. The summed E-state index contributed by atoms with van der Waals surface area (Å²) >= 11 is 0. The van der Waals surface area contributed by atoms with Crippen LogP contribution in [0.5, 0.6) is 0 Å². The molecule has 0 N–H and O–H groups in total. The third-order valence-corrected chi connectivity index (χ3v) is 19.0. The number of aromatic nitrogens is 5. The van der Waals surface area contributed by atoms with E-state index in [0.29, 0.717) is 33.9 Å². The highest BCUT2D eigenvalue weighted by atomic mass is 15.1. The minimum atomic E-state index is -0.0576. The topological polar surface area (TPSA) is 72.2 Å². The summed E-state index contributed by atoms with van der Waals surface area (Å²) in [6.45, 7) is 0. The van der Waals surface area contributed by atoms with E-state index in [4.69, 9.17) is 0 Å². The quantitative estimate of drug-likeness (QED) is 0.166. The SMILES string of the molecule is N#Cc1c(-n2c3ccccc3c3ccccc32)c(-n2c3ccccc3c3ccc4c(c5ccccc5n4-c4ccccc4)c32)c(-n2c3ccccc3c3ccccc32)c(C#N)c1-n1c2ccccc2c2ccc3c(c21)-c1ccccc1C3c1ccccc1. The van der Waals surface area contributed by atoms with Crippen molar-refractivity contribution in [2.45, 2.75) is 5.92 Å². The zero-order valence-electron chi connectivity index (χ0n) is 47.3. The minimum Gasteiger partial charge on any atom is -0.309 e. The Bertz CT molecular complexity index is 5890. The average Bonchev–Trinajstić information content (AvgIpc) is 1.26. The number of para-hydroxylation sites is 8. The normalized spacial score (nSPS) is 13.1. The molecule has 1 unspecified atom stereocenters. The zero-order chi connectivity index (χ0) is 57.9. The van der Waals surface area contributed by atoms with Gasteiger partial charge >= 0.3 is 0 Å². The summed E-state index contributed by atoms with van der Waals surface area (Å²) < 4.78 is 11.8. The lowest BCUT2D eigenvalue weighted by Gasteiger charge is -2.27. The van der Waals surface area contributed by atoms with Gasteiger partial charge in [-0.05, 0) is 82.9 Å². The molecule has 0 fully saturated rings. The Balaban J connectivity index is 1.12. The molecule has 88 heavy (non-hydrogen) atoms. The number of fused-ring (bicyclic) bond motifs is 20. The van der Waals surface area contributed by atoms with Gasteiger partial charge in [0.25, 0.3) is 0 Å². The van der Waals surface area contributed by atoms with Crippen molar-refractivity contribution < 1.29 is 0 Å². The third-order valence-electron chi connectivity index (χ3n) is 19.0. The Kier molecular flexibility index (Phi) is 9.96. The van der Waals surface area contributed by atoms with Gasteiger partial charge in [-0.1, -0.05) is 218 Å². The van der Waals surface area contributed by atoms with Gasteiger partial charge in [0, 0.05) is 71.0 Å². The second-order valence-corrected chi connectivity index (χ2v) is 23.2. The van der Waals surface area contributed by atoms with Crippen LogP contribution in [0.4, 0.5) is 0 Å². The van der Waals surface area contributed by atoms with Crippen molar-refractivity contribution in [2.24, 2.45) is 0 Å². The number of nitriles is 2. The molecule has 0 aliphatic heterocycles. The minimum absolute atomic E-state index is 0.0576. The molecule has 5 heterocycles. The summed E-state index contributed by atoms with van der Waals surface area (Å²) in [5, 5.41) is 36.7. The monoisotopic (exact) mass is 1120 g/mol. The van der Waals surface area contributed by atoms with Gasteiger partial charge in [0.2, 0.25) is 0 Å². The van der Waals surface area contributed by atoms with Crippen molar-refractivity contribution >= 4 is 109 Å². The zero-order valence-corrected chi connectivity index (χ0v) is 47.3. The molecule has 7 heteroatoms. The van der Waals surface area contributed by atoms with Crippen LogP contribution in [0.3, 0.4) is 0 Å². The number of rotatable bonds is 6. The molecule has 1 aliphatic rings. The molecule has 406 valence electrons. The van der Waals surface area contributed by atoms with Crippen LogP contribution in [0.1, 0.15) is 33.7 Å². The number of hydrogen-bond donors (Lipinski definition) is 0. The largest absolute Gasteiger partial charge is 0.309 e. The van der Waals surface area contributed by atoms with E-state index < -0.39 is 0 Å². The lowest BCUT2D eigenvalue weighted by Crippen LogP contribution is -2.17. The van der Waals surface area contributed by atoms with Crippen LogP contribution in [0, 0.1) is 22.7 Å². The molecule has 0 saturated heterocycles. The van der Waals surface area contributed by atoms with Crippen LogP contribution in [0.2, 0.25) is 0 Å². The molecule has 1 aliphatic carbocycles. The summed E-state index contributed by atoms with van der Waals surface area (Å²) in [5.41, 5.74) is 19.6. The molecule has 18 aromatic rings. The fraction of sp³-hybridized carbons (Fsp3) is 0.0123. The smallest absolute Gasteiger partial charge is 0.104 e. The van der Waals surface area contributed by atoms with E-state index in [-0.39, 0.29) is 5.92 Å². The van der Waals surface area contributed by atoms with E-state index in [2.05, 4.69) is 314 Å². The van der Waals surface area contributed by atoms with Crippen LogP contribution in [0.15, 0.2) is 279 Å². The van der Waals surface area contributed by atoms with E-state index >= 15 is 0 Å². The molecular weight excluding hydrogens is 1070 g/mol. The van der Waals surface area contributed by atoms with Crippen molar-refractivity contribution in [3.8, 4) is 51.7 Å². The maximum Gasteiger partial charge on any atom is 0.104 e. The van der Waals surface area contributed by atoms with E-state index in [1.165, 1.54) is 16.7 Å². The molecule has 1 atom stereocenters. The molecule has 5 aromatic heterocycles. The van der Waals surface area contributed by atoms with E-state index in [1.807, 2.05) is 0 Å². The van der Waals surface area contributed by atoms with Gasteiger partial charge < -0.3 is 22.8 Å². The summed E-state index contributed by atoms with van der Waals surface area (Å²) in [7, 11) is 0. The van der Waals surface area contributed by atoms with Crippen LogP contribution >= 0.6 is 0 Å². The maximum absolute atomic E-state index is 13.1. The Morgan fingerprint density at radius 3 is 1.16 bits per heavy atom. The molecule has 13 aromatic carbocycles. The van der Waals surface area contributed by atoms with Gasteiger partial charge in [-0.25, -0.2) is 0 Å². The second kappa shape index (κ2) is 18.2. The Morgan fingerprint density at radius 1 is 0.261 bits per heavy atom. The van der Waals surface area contributed by atoms with Crippen molar-refractivity contribution in [1.82, 2.24) is 22.8 Å². The lowest BCUT2D eigenvalue weighted by atomic mass is 9.89. The van der Waals surface area contributed by atoms with Crippen LogP contribution in [0.25, 0.3) is 149 Å². The highest BCUT2D eigenvalue weighted by Gasteiger charge is 2.38. The van der Waals surface area contributed by atoms with Crippen molar-refractivity contribution in [2.75, 3.05) is 0 Å². The van der Waals surface area contributed by atoms with Crippen LogP contribution < -0.4 is 0 Å². The number of benzene rings is 13. The summed E-state index contributed by atoms with van der Waals surface area (Å²) in [5.74, 6) is -0.0576. The standard InChI is InChI=1S/C81H47N7/c82-47-63-76(87-69-40-20-13-31-55(69)59-43-44-62-73(49-23-3-1-4-24-49)57-33-7-8-34-58(57)74(62)77(59)87)64(48-83)80(86-67-38-18-11-29-53(67)54-30-12-19-39-68(54)86)81(79(63)85-65-36-16-9-27-51(65)52-28-10-17-37-66(52)85)88-70-41-21-14-32-56(70)60-45-46-72-75(78(60)88)61-35-15-22-42-71(61)84(72)50-25-5-2-6-26-50/h1-46,73H. The molecule has 19 rings (SSSR count). The first-order valence-corrected chi connectivity index (χ1v) is 29.9. The molecule has 0 saturated carbocycles. The van der Waals surface area contributed by atoms with E-state index in [1.54, 1.807) is 0 Å². The molecule has 0 radical (unpaired) electrons. The summed E-state index contributed by atoms with van der Waals surface area (Å²) in [6, 6.07) is 106. The van der Waals surface area contributed by atoms with Crippen LogP contribution in [-0.2, 0) is 0 Å². The van der Waals surface area contributed by atoms with Crippen molar-refractivity contribution in [3.63, 3.8) is 0 Å². The molecular formula is C81H47N7.